The smallest absolute Gasteiger partial charge is 0.341 e. The molecule has 1 atom stereocenters. The van der Waals surface area contributed by atoms with Gasteiger partial charge in [-0.25, -0.2) is 4.79 Å². The highest BCUT2D eigenvalue weighted by Crippen LogP contribution is 2.12. The van der Waals surface area contributed by atoms with Crippen molar-refractivity contribution in [2.75, 3.05) is 0 Å². The van der Waals surface area contributed by atoms with Crippen molar-refractivity contribution < 1.29 is 19.1 Å². The van der Waals surface area contributed by atoms with Gasteiger partial charge in [-0.2, -0.15) is 0 Å². The minimum atomic E-state index is -0.913. The van der Waals surface area contributed by atoms with Gasteiger partial charge in [0.2, 0.25) is 6.29 Å². The number of ether oxygens (including phenoxy) is 2. The third-order valence-electron chi connectivity index (χ3n) is 1.67. The number of hydrogen-bond acceptors (Lipinski definition) is 4. The maximum Gasteiger partial charge on any atom is 0.341 e. The molecule has 0 fully saturated rings. The lowest BCUT2D eigenvalue weighted by atomic mass is 10.2. The zero-order chi connectivity index (χ0) is 12.1. The average Bonchev–Trinajstić information content (AvgIpc) is 2.16. The lowest BCUT2D eigenvalue weighted by Gasteiger charge is -2.12. The van der Waals surface area contributed by atoms with Crippen molar-refractivity contribution in [3.05, 3.63) is 34.9 Å². The highest BCUT2D eigenvalue weighted by molar-refractivity contribution is 6.30. The molecule has 0 aromatic heterocycles. The molecule has 1 aromatic rings. The van der Waals surface area contributed by atoms with Gasteiger partial charge < -0.3 is 9.47 Å². The molecule has 0 heterocycles. The molecule has 0 aliphatic heterocycles. The molecule has 16 heavy (non-hydrogen) atoms. The number of carbonyl (C=O) groups is 2. The van der Waals surface area contributed by atoms with Crippen molar-refractivity contribution in [1.82, 2.24) is 0 Å². The highest BCUT2D eigenvalue weighted by Gasteiger charge is 2.13. The number of hydrogen-bond donors (Lipinski definition) is 0. The van der Waals surface area contributed by atoms with E-state index < -0.39 is 18.2 Å². The highest BCUT2D eigenvalue weighted by atomic mass is 35.5. The maximum atomic E-state index is 11.5. The van der Waals surface area contributed by atoms with Crippen LogP contribution in [0.15, 0.2) is 24.3 Å². The first kappa shape index (κ1) is 12.5. The van der Waals surface area contributed by atoms with E-state index in [2.05, 4.69) is 4.74 Å². The van der Waals surface area contributed by atoms with E-state index in [9.17, 15) is 9.59 Å². The molecule has 1 rings (SSSR count). The number of carbonyl (C=O) groups excluding carboxylic acids is 2. The summed E-state index contributed by atoms with van der Waals surface area (Å²) in [6.07, 6.45) is -0.913. The Kier molecular flexibility index (Phi) is 4.31. The summed E-state index contributed by atoms with van der Waals surface area (Å²) in [5.41, 5.74) is 0.312. The van der Waals surface area contributed by atoms with Gasteiger partial charge in [0.1, 0.15) is 0 Å². The van der Waals surface area contributed by atoms with Gasteiger partial charge in [0.25, 0.3) is 0 Å². The molecule has 0 aliphatic rings. The fourth-order valence-corrected chi connectivity index (χ4v) is 1.28. The SMILES string of the molecule is CC(=O)OC(C)OC(=O)c1cccc(Cl)c1. The van der Waals surface area contributed by atoms with Gasteiger partial charge >= 0.3 is 11.9 Å². The van der Waals surface area contributed by atoms with E-state index in [4.69, 9.17) is 16.3 Å². The Labute approximate surface area is 98.1 Å². The molecule has 5 heteroatoms. The maximum absolute atomic E-state index is 11.5. The third kappa shape index (κ3) is 3.90. The Morgan fingerprint density at radius 3 is 2.56 bits per heavy atom. The predicted molar refractivity (Wildman–Crippen MR) is 58.1 cm³/mol. The summed E-state index contributed by atoms with van der Waals surface area (Å²) in [5, 5.41) is 0.439. The van der Waals surface area contributed by atoms with Crippen molar-refractivity contribution in [3.8, 4) is 0 Å². The number of rotatable bonds is 3. The quantitative estimate of drug-likeness (QED) is 0.603. The van der Waals surface area contributed by atoms with Crippen LogP contribution < -0.4 is 0 Å². The first-order valence-electron chi connectivity index (χ1n) is 4.63. The summed E-state index contributed by atoms with van der Waals surface area (Å²) in [4.78, 5) is 22.1. The molecule has 0 saturated heterocycles. The van der Waals surface area contributed by atoms with Crippen LogP contribution >= 0.6 is 11.6 Å². The van der Waals surface area contributed by atoms with Crippen molar-refractivity contribution in [2.45, 2.75) is 20.1 Å². The molecule has 1 unspecified atom stereocenters. The zero-order valence-corrected chi connectivity index (χ0v) is 9.65. The van der Waals surface area contributed by atoms with Crippen LogP contribution in [0.5, 0.6) is 0 Å². The van der Waals surface area contributed by atoms with E-state index in [-0.39, 0.29) is 0 Å². The van der Waals surface area contributed by atoms with Crippen molar-refractivity contribution in [1.29, 1.82) is 0 Å². The Balaban J connectivity index is 2.62. The molecule has 4 nitrogen and oxygen atoms in total. The molecule has 0 bridgehead atoms. The first-order chi connectivity index (χ1) is 7.49. The normalized spacial score (nSPS) is 11.7. The van der Waals surface area contributed by atoms with Crippen molar-refractivity contribution in [3.63, 3.8) is 0 Å². The molecule has 1 aromatic carbocycles. The van der Waals surface area contributed by atoms with E-state index in [0.29, 0.717) is 10.6 Å². The number of benzene rings is 1. The van der Waals surface area contributed by atoms with Crippen LogP contribution in [0.25, 0.3) is 0 Å². The van der Waals surface area contributed by atoms with E-state index >= 15 is 0 Å². The van der Waals surface area contributed by atoms with Gasteiger partial charge in [-0.05, 0) is 18.2 Å². The minimum Gasteiger partial charge on any atom is -0.426 e. The van der Waals surface area contributed by atoms with Gasteiger partial charge in [-0.15, -0.1) is 0 Å². The van der Waals surface area contributed by atoms with Gasteiger partial charge in [0, 0.05) is 18.9 Å². The van der Waals surface area contributed by atoms with Gasteiger partial charge in [0.05, 0.1) is 5.56 Å². The monoisotopic (exact) mass is 242 g/mol. The third-order valence-corrected chi connectivity index (χ3v) is 1.90. The standard InChI is InChI=1S/C11H11ClO4/c1-7(13)15-8(2)16-11(14)9-4-3-5-10(12)6-9/h3-6,8H,1-2H3. The first-order valence-corrected chi connectivity index (χ1v) is 5.00. The Hall–Kier alpha value is -1.55. The summed E-state index contributed by atoms with van der Waals surface area (Å²) in [6.45, 7) is 2.70. The Bertz CT molecular complexity index is 403. The lowest BCUT2D eigenvalue weighted by Crippen LogP contribution is -2.20. The molecule has 0 aliphatic carbocycles. The summed E-state index contributed by atoms with van der Waals surface area (Å²) >= 11 is 5.72. The van der Waals surface area contributed by atoms with Crippen LogP contribution in [-0.2, 0) is 14.3 Å². The summed E-state index contributed by atoms with van der Waals surface area (Å²) in [6, 6.07) is 6.32. The van der Waals surface area contributed by atoms with Crippen LogP contribution in [-0.4, -0.2) is 18.2 Å². The van der Waals surface area contributed by atoms with Crippen LogP contribution in [0.2, 0.25) is 5.02 Å². The van der Waals surface area contributed by atoms with Crippen LogP contribution in [0.1, 0.15) is 24.2 Å². The fourth-order valence-electron chi connectivity index (χ4n) is 1.09. The molecule has 0 spiro atoms. The lowest BCUT2D eigenvalue weighted by molar-refractivity contribution is -0.162. The van der Waals surface area contributed by atoms with Crippen LogP contribution in [0.3, 0.4) is 0 Å². The second-order valence-electron chi connectivity index (χ2n) is 3.09. The topological polar surface area (TPSA) is 52.6 Å². The van der Waals surface area contributed by atoms with E-state index in [1.807, 2.05) is 0 Å². The largest absolute Gasteiger partial charge is 0.426 e. The Morgan fingerprint density at radius 2 is 2.00 bits per heavy atom. The molecule has 0 amide bonds. The van der Waals surface area contributed by atoms with Crippen molar-refractivity contribution >= 4 is 23.5 Å². The molecule has 0 radical (unpaired) electrons. The van der Waals surface area contributed by atoms with Gasteiger partial charge in [-0.3, -0.25) is 4.79 Å². The summed E-state index contributed by atoms with van der Waals surface area (Å²) in [5.74, 6) is -1.09. The van der Waals surface area contributed by atoms with E-state index in [0.717, 1.165) is 0 Å². The zero-order valence-electron chi connectivity index (χ0n) is 8.90. The molecule has 0 saturated carbocycles. The summed E-state index contributed by atoms with van der Waals surface area (Å²) in [7, 11) is 0. The number of halogens is 1. The molecule has 0 N–H and O–H groups in total. The average molecular weight is 243 g/mol. The second kappa shape index (κ2) is 5.51. The van der Waals surface area contributed by atoms with E-state index in [1.165, 1.54) is 19.9 Å². The predicted octanol–water partition coefficient (Wildman–Crippen LogP) is 2.41. The fraction of sp³-hybridized carbons (Fsp3) is 0.273. The molecular weight excluding hydrogens is 232 g/mol. The minimum absolute atomic E-state index is 0.312. The van der Waals surface area contributed by atoms with Crippen molar-refractivity contribution in [2.24, 2.45) is 0 Å². The molecular formula is C11H11ClO4. The van der Waals surface area contributed by atoms with Gasteiger partial charge in [0.15, 0.2) is 0 Å². The van der Waals surface area contributed by atoms with Crippen LogP contribution in [0, 0.1) is 0 Å². The Morgan fingerprint density at radius 1 is 1.31 bits per heavy atom. The van der Waals surface area contributed by atoms with Gasteiger partial charge in [-0.1, -0.05) is 17.7 Å². The van der Waals surface area contributed by atoms with E-state index in [1.54, 1.807) is 18.2 Å². The van der Waals surface area contributed by atoms with Crippen LogP contribution in [0.4, 0.5) is 0 Å². The second-order valence-corrected chi connectivity index (χ2v) is 3.53. The summed E-state index contributed by atoms with van der Waals surface area (Å²) < 4.78 is 9.52. The molecule has 86 valence electrons. The number of esters is 2.